The number of rotatable bonds is 6. The van der Waals surface area contributed by atoms with Crippen LogP contribution in [-0.2, 0) is 0 Å². The zero-order valence-corrected chi connectivity index (χ0v) is 15.0. The van der Waals surface area contributed by atoms with E-state index in [2.05, 4.69) is 32.2 Å². The van der Waals surface area contributed by atoms with Gasteiger partial charge >= 0.3 is 0 Å². The fraction of sp³-hybridized carbons (Fsp3) is 0.500. The molecule has 1 fully saturated rings. The van der Waals surface area contributed by atoms with Crippen LogP contribution in [0.3, 0.4) is 0 Å². The van der Waals surface area contributed by atoms with E-state index in [1.54, 1.807) is 12.3 Å². The highest BCUT2D eigenvalue weighted by atomic mass is 16.3. The number of aromatic nitrogens is 4. The summed E-state index contributed by atoms with van der Waals surface area (Å²) >= 11 is 0. The van der Waals surface area contributed by atoms with Crippen LogP contribution in [-0.4, -0.2) is 43.4 Å². The number of aliphatic hydroxyl groups excluding tert-OH is 1. The van der Waals surface area contributed by atoms with Crippen molar-refractivity contribution in [3.05, 3.63) is 18.6 Å². The lowest BCUT2D eigenvalue weighted by molar-refractivity contribution is 0.152. The summed E-state index contributed by atoms with van der Waals surface area (Å²) in [5.74, 6) is 1.52. The molecule has 1 aliphatic carbocycles. The average Bonchev–Trinajstić information content (AvgIpc) is 2.64. The molecule has 0 radical (unpaired) electrons. The van der Waals surface area contributed by atoms with Crippen molar-refractivity contribution in [3.8, 4) is 11.3 Å². The van der Waals surface area contributed by atoms with Crippen molar-refractivity contribution in [1.29, 1.82) is 0 Å². The fourth-order valence-electron chi connectivity index (χ4n) is 2.82. The number of nitrogen functional groups attached to an aromatic ring is 1. The van der Waals surface area contributed by atoms with Crippen LogP contribution >= 0.6 is 0 Å². The van der Waals surface area contributed by atoms with E-state index in [4.69, 9.17) is 10.7 Å². The first kappa shape index (κ1) is 18.2. The maximum absolute atomic E-state index is 9.70. The number of hydrogen-bond donors (Lipinski definition) is 3. The molecule has 2 aromatic heterocycles. The summed E-state index contributed by atoms with van der Waals surface area (Å²) in [6.07, 6.45) is 8.09. The molecule has 26 heavy (non-hydrogen) atoms. The van der Waals surface area contributed by atoms with Crippen molar-refractivity contribution in [1.82, 2.24) is 19.9 Å². The van der Waals surface area contributed by atoms with E-state index in [0.29, 0.717) is 23.3 Å². The summed E-state index contributed by atoms with van der Waals surface area (Å²) in [7, 11) is 0. The van der Waals surface area contributed by atoms with Gasteiger partial charge in [-0.25, -0.2) is 19.9 Å². The summed E-state index contributed by atoms with van der Waals surface area (Å²) in [5.41, 5.74) is 8.19. The Hall–Kier alpha value is -2.61. The molecule has 0 bridgehead atoms. The van der Waals surface area contributed by atoms with Crippen LogP contribution in [0, 0.1) is 0 Å². The van der Waals surface area contributed by atoms with Gasteiger partial charge in [-0.05, 0) is 32.1 Å². The number of anilines is 2. The summed E-state index contributed by atoms with van der Waals surface area (Å²) < 4.78 is 0. The maximum atomic E-state index is 9.70. The van der Waals surface area contributed by atoms with Crippen LogP contribution in [0.1, 0.15) is 45.4 Å². The molecule has 0 amide bonds. The molecule has 138 valence electrons. The van der Waals surface area contributed by atoms with Crippen LogP contribution < -0.4 is 11.1 Å². The second kappa shape index (κ2) is 8.66. The zero-order valence-electron chi connectivity index (χ0n) is 15.0. The van der Waals surface area contributed by atoms with Crippen molar-refractivity contribution in [3.63, 3.8) is 0 Å². The first-order valence-corrected chi connectivity index (χ1v) is 9.09. The molecule has 3 rings (SSSR count). The highest BCUT2D eigenvalue weighted by Crippen LogP contribution is 2.29. The maximum Gasteiger partial charge on any atom is 0.224 e. The molecular formula is C18H25N7O. The first-order valence-electron chi connectivity index (χ1n) is 9.09. The molecular weight excluding hydrogens is 330 g/mol. The zero-order chi connectivity index (χ0) is 18.4. The lowest BCUT2D eigenvalue weighted by Crippen LogP contribution is -2.17. The van der Waals surface area contributed by atoms with E-state index in [1.807, 2.05) is 0 Å². The van der Waals surface area contributed by atoms with Gasteiger partial charge in [0.05, 0.1) is 17.4 Å². The van der Waals surface area contributed by atoms with Crippen LogP contribution in [0.4, 0.5) is 17.6 Å². The number of nitrogens with one attached hydrogen (secondary N) is 1. The topological polar surface area (TPSA) is 122 Å². The largest absolute Gasteiger partial charge is 0.393 e. The third-order valence-electron chi connectivity index (χ3n) is 4.34. The highest BCUT2D eigenvalue weighted by Gasteiger charge is 2.17. The van der Waals surface area contributed by atoms with Gasteiger partial charge in [-0.3, -0.25) is 0 Å². The van der Waals surface area contributed by atoms with Gasteiger partial charge in [0, 0.05) is 24.5 Å². The molecule has 8 heteroatoms. The van der Waals surface area contributed by atoms with Crippen LogP contribution in [0.25, 0.3) is 11.3 Å². The molecule has 1 saturated carbocycles. The predicted octanol–water partition coefficient (Wildman–Crippen LogP) is 2.74. The molecule has 0 aromatic carbocycles. The number of nitrogens with two attached hydrogens (primary N) is 1. The Labute approximate surface area is 153 Å². The summed E-state index contributed by atoms with van der Waals surface area (Å²) in [5, 5.41) is 12.9. The minimum atomic E-state index is -0.230. The van der Waals surface area contributed by atoms with Gasteiger partial charge in [-0.1, -0.05) is 13.3 Å². The Morgan fingerprint density at radius 1 is 1.27 bits per heavy atom. The molecule has 0 unspecified atom stereocenters. The number of hydrogen-bond acceptors (Lipinski definition) is 8. The molecule has 0 aliphatic heterocycles. The monoisotopic (exact) mass is 355 g/mol. The minimum Gasteiger partial charge on any atom is -0.393 e. The molecule has 8 nitrogen and oxygen atoms in total. The van der Waals surface area contributed by atoms with E-state index in [1.165, 1.54) is 6.33 Å². The average molecular weight is 355 g/mol. The molecule has 0 atom stereocenters. The molecule has 0 spiro atoms. The van der Waals surface area contributed by atoms with Gasteiger partial charge in [0.1, 0.15) is 12.1 Å². The Morgan fingerprint density at radius 2 is 2.08 bits per heavy atom. The summed E-state index contributed by atoms with van der Waals surface area (Å²) in [4.78, 5) is 22.0. The molecule has 2 heterocycles. The summed E-state index contributed by atoms with van der Waals surface area (Å²) in [6, 6.07) is 1.69. The highest BCUT2D eigenvalue weighted by molar-refractivity contribution is 5.89. The van der Waals surface area contributed by atoms with E-state index in [0.717, 1.165) is 56.3 Å². The lowest BCUT2D eigenvalue weighted by Gasteiger charge is -2.18. The van der Waals surface area contributed by atoms with Crippen LogP contribution in [0.5, 0.6) is 0 Å². The Kier molecular flexibility index (Phi) is 6.06. The van der Waals surface area contributed by atoms with E-state index in [9.17, 15) is 5.11 Å². The number of aliphatic hydroxyl groups is 1. The van der Waals surface area contributed by atoms with Crippen molar-refractivity contribution < 1.29 is 5.11 Å². The smallest absolute Gasteiger partial charge is 0.224 e. The van der Waals surface area contributed by atoms with Gasteiger partial charge < -0.3 is 16.2 Å². The molecule has 1 aliphatic rings. The number of unbranched alkanes of at least 4 members (excludes halogenated alkanes) is 1. The van der Waals surface area contributed by atoms with Crippen LogP contribution in [0.15, 0.2) is 23.6 Å². The van der Waals surface area contributed by atoms with Crippen LogP contribution in [0.2, 0.25) is 0 Å². The molecule has 4 N–H and O–H groups in total. The standard InChI is InChI=1S/C18H25N7O/c1-2-3-8-20-18-21-10-14(15-9-16(19)23-11-22-15)17(25-18)24-12-4-6-13(26)7-5-12/h9-11,13,26H,2-8H2,1H3,(H2,19,22,23)(H,20,21,25). The van der Waals surface area contributed by atoms with Crippen molar-refractivity contribution in [2.45, 2.75) is 51.6 Å². The predicted molar refractivity (Wildman–Crippen MR) is 102 cm³/mol. The third-order valence-corrected chi connectivity index (χ3v) is 4.34. The van der Waals surface area contributed by atoms with Crippen molar-refractivity contribution in [2.75, 3.05) is 17.6 Å². The molecule has 0 saturated heterocycles. The van der Waals surface area contributed by atoms with Crippen molar-refractivity contribution in [2.24, 2.45) is 4.99 Å². The second-order valence-electron chi connectivity index (χ2n) is 6.45. The lowest BCUT2D eigenvalue weighted by atomic mass is 9.96. The SMILES string of the molecule is CCCCNc1ncc(-c2cc(N)ncn2)c(N=C2CCC(O)CC2)n1. The molecule has 2 aromatic rings. The second-order valence-corrected chi connectivity index (χ2v) is 6.45. The van der Waals surface area contributed by atoms with Gasteiger partial charge in [0.15, 0.2) is 5.82 Å². The van der Waals surface area contributed by atoms with E-state index < -0.39 is 0 Å². The fourth-order valence-corrected chi connectivity index (χ4v) is 2.82. The Balaban J connectivity index is 1.93. The van der Waals surface area contributed by atoms with Gasteiger partial charge in [-0.2, -0.15) is 4.98 Å². The van der Waals surface area contributed by atoms with Crippen molar-refractivity contribution >= 4 is 23.3 Å². The first-order chi connectivity index (χ1) is 12.7. The van der Waals surface area contributed by atoms with Gasteiger partial charge in [-0.15, -0.1) is 0 Å². The van der Waals surface area contributed by atoms with Gasteiger partial charge in [0.25, 0.3) is 0 Å². The normalized spacial score (nSPS) is 17.2. The minimum absolute atomic E-state index is 0.230. The number of aliphatic imine (C=N–C) groups is 1. The number of nitrogens with zero attached hydrogens (tertiary/aromatic N) is 5. The van der Waals surface area contributed by atoms with Gasteiger partial charge in [0.2, 0.25) is 5.95 Å². The quantitative estimate of drug-likeness (QED) is 0.681. The summed E-state index contributed by atoms with van der Waals surface area (Å²) in [6.45, 7) is 2.96. The van der Waals surface area contributed by atoms with E-state index >= 15 is 0 Å². The Morgan fingerprint density at radius 3 is 2.81 bits per heavy atom. The third kappa shape index (κ3) is 4.72. The Bertz CT molecular complexity index is 768. The van der Waals surface area contributed by atoms with E-state index in [-0.39, 0.29) is 6.10 Å².